The van der Waals surface area contributed by atoms with Gasteiger partial charge in [-0.1, -0.05) is 23.9 Å². The Labute approximate surface area is 153 Å². The van der Waals surface area contributed by atoms with Crippen LogP contribution in [0.2, 0.25) is 0 Å². The highest BCUT2D eigenvalue weighted by Crippen LogP contribution is 2.22. The molecule has 0 spiro atoms. The maximum atomic E-state index is 13.0. The van der Waals surface area contributed by atoms with E-state index in [9.17, 15) is 4.79 Å². The zero-order valence-corrected chi connectivity index (χ0v) is 16.4. The molecule has 0 saturated heterocycles. The third kappa shape index (κ3) is 4.62. The molecule has 0 N–H and O–H groups in total. The molecule has 1 aromatic carbocycles. The molecule has 1 aromatic heterocycles. The molecule has 0 fully saturated rings. The van der Waals surface area contributed by atoms with E-state index >= 15 is 0 Å². The second-order valence-electron chi connectivity index (χ2n) is 6.68. The summed E-state index contributed by atoms with van der Waals surface area (Å²) in [5.41, 5.74) is 0.645. The molecule has 0 bridgehead atoms. The Kier molecular flexibility index (Phi) is 6.63. The standard InChI is InChI=1S/C19H26N4OS/c1-13(2)22(14(3)4)10-11-23-18(24)16-8-6-7-9-17(16)21-19(23)25-15(5)12-20/h6-9,13-15H,10-11H2,1-5H3/t15-/m0/s1. The van der Waals surface area contributed by atoms with Crippen molar-refractivity contribution in [3.05, 3.63) is 34.6 Å². The number of benzene rings is 1. The third-order valence-electron chi connectivity index (χ3n) is 4.20. The number of fused-ring (bicyclic) bond motifs is 1. The van der Waals surface area contributed by atoms with Gasteiger partial charge in [-0.15, -0.1) is 0 Å². The monoisotopic (exact) mass is 358 g/mol. The molecule has 25 heavy (non-hydrogen) atoms. The summed E-state index contributed by atoms with van der Waals surface area (Å²) in [5, 5.41) is 10.1. The summed E-state index contributed by atoms with van der Waals surface area (Å²) in [4.78, 5) is 20.0. The average molecular weight is 359 g/mol. The van der Waals surface area contributed by atoms with Crippen molar-refractivity contribution in [1.82, 2.24) is 14.5 Å². The number of hydrogen-bond donors (Lipinski definition) is 0. The van der Waals surface area contributed by atoms with Crippen molar-refractivity contribution in [3.63, 3.8) is 0 Å². The second-order valence-corrected chi connectivity index (χ2v) is 7.99. The van der Waals surface area contributed by atoms with Crippen LogP contribution >= 0.6 is 11.8 Å². The van der Waals surface area contributed by atoms with Crippen molar-refractivity contribution in [1.29, 1.82) is 5.26 Å². The first-order valence-corrected chi connectivity index (χ1v) is 9.54. The predicted molar refractivity (Wildman–Crippen MR) is 104 cm³/mol. The van der Waals surface area contributed by atoms with Crippen LogP contribution in [-0.2, 0) is 6.54 Å². The summed E-state index contributed by atoms with van der Waals surface area (Å²) in [5.74, 6) is 0. The first-order valence-electron chi connectivity index (χ1n) is 8.66. The largest absolute Gasteiger partial charge is 0.297 e. The minimum atomic E-state index is -0.259. The van der Waals surface area contributed by atoms with Crippen LogP contribution in [0.25, 0.3) is 10.9 Å². The van der Waals surface area contributed by atoms with Gasteiger partial charge in [-0.2, -0.15) is 5.26 Å². The number of aromatic nitrogens is 2. The van der Waals surface area contributed by atoms with Crippen LogP contribution in [0.1, 0.15) is 34.6 Å². The predicted octanol–water partition coefficient (Wildman–Crippen LogP) is 3.52. The summed E-state index contributed by atoms with van der Waals surface area (Å²) in [6, 6.07) is 10.4. The molecule has 5 nitrogen and oxygen atoms in total. The lowest BCUT2D eigenvalue weighted by atomic mass is 10.2. The molecule has 2 aromatic rings. The zero-order chi connectivity index (χ0) is 18.6. The van der Waals surface area contributed by atoms with Crippen molar-refractivity contribution in [2.45, 2.75) is 63.7 Å². The molecule has 2 rings (SSSR count). The van der Waals surface area contributed by atoms with Crippen molar-refractivity contribution in [3.8, 4) is 6.07 Å². The van der Waals surface area contributed by atoms with Crippen LogP contribution in [0.4, 0.5) is 0 Å². The SMILES string of the molecule is CC(C)N(CCn1c(S[C@@H](C)C#N)nc2ccccc2c1=O)C(C)C. The van der Waals surface area contributed by atoms with Crippen LogP contribution in [-0.4, -0.2) is 38.3 Å². The smallest absolute Gasteiger partial charge is 0.262 e. The quantitative estimate of drug-likeness (QED) is 0.560. The lowest BCUT2D eigenvalue weighted by Crippen LogP contribution is -2.40. The molecule has 1 atom stereocenters. The molecule has 134 valence electrons. The number of hydrogen-bond acceptors (Lipinski definition) is 5. The molecular formula is C19H26N4OS. The molecule has 6 heteroatoms. The first kappa shape index (κ1) is 19.5. The average Bonchev–Trinajstić information content (AvgIpc) is 2.56. The van der Waals surface area contributed by atoms with Gasteiger partial charge in [-0.3, -0.25) is 14.3 Å². The summed E-state index contributed by atoms with van der Waals surface area (Å²) < 4.78 is 1.72. The summed E-state index contributed by atoms with van der Waals surface area (Å²) in [6.45, 7) is 11.8. The lowest BCUT2D eigenvalue weighted by Gasteiger charge is -2.30. The van der Waals surface area contributed by atoms with Crippen LogP contribution < -0.4 is 5.56 Å². The Bertz CT molecular complexity index is 814. The van der Waals surface area contributed by atoms with Gasteiger partial charge in [-0.05, 0) is 46.8 Å². The van der Waals surface area contributed by atoms with E-state index in [1.54, 1.807) is 4.57 Å². The number of nitrogens with zero attached hydrogens (tertiary/aromatic N) is 4. The van der Waals surface area contributed by atoms with E-state index in [2.05, 4.69) is 43.6 Å². The van der Waals surface area contributed by atoms with E-state index in [0.29, 0.717) is 34.7 Å². The fourth-order valence-electron chi connectivity index (χ4n) is 2.95. The number of rotatable bonds is 7. The van der Waals surface area contributed by atoms with Crippen molar-refractivity contribution in [2.24, 2.45) is 0 Å². The Morgan fingerprint density at radius 3 is 2.44 bits per heavy atom. The Morgan fingerprint density at radius 2 is 1.84 bits per heavy atom. The molecule has 0 aliphatic carbocycles. The fraction of sp³-hybridized carbons (Fsp3) is 0.526. The van der Waals surface area contributed by atoms with Crippen LogP contribution in [0.15, 0.2) is 34.2 Å². The molecular weight excluding hydrogens is 332 g/mol. The van der Waals surface area contributed by atoms with Gasteiger partial charge >= 0.3 is 0 Å². The molecule has 1 heterocycles. The number of thioether (sulfide) groups is 1. The minimum Gasteiger partial charge on any atom is -0.297 e. The second kappa shape index (κ2) is 8.50. The lowest BCUT2D eigenvalue weighted by molar-refractivity contribution is 0.166. The van der Waals surface area contributed by atoms with Crippen LogP contribution in [0.3, 0.4) is 0 Å². The fourth-order valence-corrected chi connectivity index (χ4v) is 3.77. The maximum absolute atomic E-state index is 13.0. The first-order chi connectivity index (χ1) is 11.8. The molecule has 0 unspecified atom stereocenters. The van der Waals surface area contributed by atoms with Gasteiger partial charge in [0.05, 0.1) is 22.2 Å². The van der Waals surface area contributed by atoms with Gasteiger partial charge in [0.2, 0.25) is 0 Å². The molecule has 0 aliphatic heterocycles. The van der Waals surface area contributed by atoms with Crippen molar-refractivity contribution < 1.29 is 0 Å². The Morgan fingerprint density at radius 1 is 1.20 bits per heavy atom. The number of para-hydroxylation sites is 1. The van der Waals surface area contributed by atoms with Crippen LogP contribution in [0, 0.1) is 11.3 Å². The van der Waals surface area contributed by atoms with Gasteiger partial charge in [0.15, 0.2) is 5.16 Å². The Balaban J connectivity index is 2.45. The summed E-state index contributed by atoms with van der Waals surface area (Å²) in [7, 11) is 0. The van der Waals surface area contributed by atoms with E-state index in [0.717, 1.165) is 6.54 Å². The van der Waals surface area contributed by atoms with Crippen molar-refractivity contribution in [2.75, 3.05) is 6.54 Å². The van der Waals surface area contributed by atoms with Crippen molar-refractivity contribution >= 4 is 22.7 Å². The topological polar surface area (TPSA) is 61.9 Å². The molecule has 0 aliphatic rings. The molecule has 0 amide bonds. The van der Waals surface area contributed by atoms with E-state index in [-0.39, 0.29) is 10.8 Å². The number of nitriles is 1. The van der Waals surface area contributed by atoms with Gasteiger partial charge < -0.3 is 0 Å². The molecule has 0 radical (unpaired) electrons. The summed E-state index contributed by atoms with van der Waals surface area (Å²) in [6.07, 6.45) is 0. The van der Waals surface area contributed by atoms with Gasteiger partial charge in [0.25, 0.3) is 5.56 Å². The van der Waals surface area contributed by atoms with Gasteiger partial charge in [0, 0.05) is 25.2 Å². The highest BCUT2D eigenvalue weighted by Gasteiger charge is 2.17. The van der Waals surface area contributed by atoms with E-state index in [1.807, 2.05) is 31.2 Å². The van der Waals surface area contributed by atoms with E-state index < -0.39 is 0 Å². The molecule has 0 saturated carbocycles. The zero-order valence-electron chi connectivity index (χ0n) is 15.6. The normalized spacial score (nSPS) is 12.9. The highest BCUT2D eigenvalue weighted by molar-refractivity contribution is 8.00. The van der Waals surface area contributed by atoms with E-state index in [1.165, 1.54) is 11.8 Å². The summed E-state index contributed by atoms with van der Waals surface area (Å²) >= 11 is 1.34. The Hall–Kier alpha value is -1.84. The van der Waals surface area contributed by atoms with Gasteiger partial charge in [0.1, 0.15) is 0 Å². The highest BCUT2D eigenvalue weighted by atomic mass is 32.2. The van der Waals surface area contributed by atoms with E-state index in [4.69, 9.17) is 5.26 Å². The minimum absolute atomic E-state index is 0.0364. The van der Waals surface area contributed by atoms with Crippen LogP contribution in [0.5, 0.6) is 0 Å². The maximum Gasteiger partial charge on any atom is 0.262 e. The van der Waals surface area contributed by atoms with Gasteiger partial charge in [-0.25, -0.2) is 4.98 Å². The third-order valence-corrected chi connectivity index (χ3v) is 5.18.